The molecule has 0 saturated heterocycles. The lowest BCUT2D eigenvalue weighted by Gasteiger charge is -2.35. The predicted molar refractivity (Wildman–Crippen MR) is 71.6 cm³/mol. The molecule has 1 aliphatic carbocycles. The molecule has 1 amide bonds. The number of anilines is 1. The van der Waals surface area contributed by atoms with Crippen LogP contribution in [0.1, 0.15) is 26.7 Å². The number of hydrogen-bond donors (Lipinski definition) is 2. The molecule has 1 aliphatic rings. The molecule has 0 heterocycles. The highest BCUT2D eigenvalue weighted by Gasteiger charge is 2.56. The van der Waals surface area contributed by atoms with Crippen molar-refractivity contribution in [3.05, 3.63) is 24.3 Å². The van der Waals surface area contributed by atoms with Crippen molar-refractivity contribution in [2.24, 2.45) is 11.1 Å². The van der Waals surface area contributed by atoms with Crippen molar-refractivity contribution < 1.29 is 9.53 Å². The molecule has 2 rings (SSSR count). The average molecular weight is 248 g/mol. The normalized spacial score (nSPS) is 19.7. The van der Waals surface area contributed by atoms with Crippen molar-refractivity contribution >= 4 is 11.6 Å². The topological polar surface area (TPSA) is 64.3 Å². The van der Waals surface area contributed by atoms with Gasteiger partial charge in [-0.25, -0.2) is 0 Å². The molecular weight excluding hydrogens is 228 g/mol. The molecule has 1 saturated carbocycles. The molecule has 0 radical (unpaired) electrons. The van der Waals surface area contributed by atoms with E-state index in [1.54, 1.807) is 7.11 Å². The first-order valence-electron chi connectivity index (χ1n) is 6.13. The van der Waals surface area contributed by atoms with Gasteiger partial charge >= 0.3 is 0 Å². The number of nitrogens with two attached hydrogens (primary N) is 1. The Bertz CT molecular complexity index is 451. The fourth-order valence-corrected chi connectivity index (χ4v) is 2.16. The number of methoxy groups -OCH3 is 1. The SMILES string of the molecule is COc1ccc(NC(C)(C(N)=O)C2(C)CC2)cc1. The van der Waals surface area contributed by atoms with E-state index in [-0.39, 0.29) is 11.3 Å². The van der Waals surface area contributed by atoms with Crippen LogP contribution in [-0.2, 0) is 4.79 Å². The Hall–Kier alpha value is -1.71. The first-order valence-corrected chi connectivity index (χ1v) is 6.13. The standard InChI is InChI=1S/C14H20N2O2/c1-13(8-9-13)14(2,12(15)17)16-10-4-6-11(18-3)7-5-10/h4-7,16H,8-9H2,1-3H3,(H2,15,17). The molecular formula is C14H20N2O2. The van der Waals surface area contributed by atoms with Crippen LogP contribution in [0.15, 0.2) is 24.3 Å². The van der Waals surface area contributed by atoms with E-state index in [2.05, 4.69) is 12.2 Å². The molecule has 3 N–H and O–H groups in total. The fraction of sp³-hybridized carbons (Fsp3) is 0.500. The number of hydrogen-bond acceptors (Lipinski definition) is 3. The van der Waals surface area contributed by atoms with E-state index in [9.17, 15) is 4.79 Å². The molecule has 98 valence electrons. The van der Waals surface area contributed by atoms with Gasteiger partial charge in [0.25, 0.3) is 0 Å². The Morgan fingerprint density at radius 2 is 1.94 bits per heavy atom. The van der Waals surface area contributed by atoms with Crippen LogP contribution in [0.3, 0.4) is 0 Å². The molecule has 0 bridgehead atoms. The van der Waals surface area contributed by atoms with E-state index < -0.39 is 5.54 Å². The first-order chi connectivity index (χ1) is 8.41. The minimum absolute atomic E-state index is 0.0429. The van der Waals surface area contributed by atoms with Crippen LogP contribution in [0.4, 0.5) is 5.69 Å². The number of nitrogens with one attached hydrogen (secondary N) is 1. The summed E-state index contributed by atoms with van der Waals surface area (Å²) in [6, 6.07) is 7.51. The van der Waals surface area contributed by atoms with E-state index in [1.165, 1.54) is 0 Å². The number of carbonyl (C=O) groups is 1. The van der Waals surface area contributed by atoms with Crippen LogP contribution < -0.4 is 15.8 Å². The molecule has 1 aromatic rings. The Morgan fingerprint density at radius 1 is 1.39 bits per heavy atom. The summed E-state index contributed by atoms with van der Waals surface area (Å²) >= 11 is 0. The van der Waals surface area contributed by atoms with Crippen molar-refractivity contribution in [3.8, 4) is 5.75 Å². The van der Waals surface area contributed by atoms with Crippen molar-refractivity contribution in [3.63, 3.8) is 0 Å². The number of carbonyl (C=O) groups excluding carboxylic acids is 1. The van der Waals surface area contributed by atoms with Gasteiger partial charge in [0.1, 0.15) is 11.3 Å². The highest BCUT2D eigenvalue weighted by atomic mass is 16.5. The van der Waals surface area contributed by atoms with Gasteiger partial charge < -0.3 is 15.8 Å². The highest BCUT2D eigenvalue weighted by Crippen LogP contribution is 2.54. The van der Waals surface area contributed by atoms with Crippen LogP contribution in [0.25, 0.3) is 0 Å². The van der Waals surface area contributed by atoms with Gasteiger partial charge in [-0.3, -0.25) is 4.79 Å². The van der Waals surface area contributed by atoms with Crippen LogP contribution >= 0.6 is 0 Å². The van der Waals surface area contributed by atoms with E-state index in [0.29, 0.717) is 0 Å². The molecule has 4 heteroatoms. The van der Waals surface area contributed by atoms with E-state index >= 15 is 0 Å². The minimum atomic E-state index is -0.707. The zero-order valence-corrected chi connectivity index (χ0v) is 11.1. The van der Waals surface area contributed by atoms with E-state index in [1.807, 2.05) is 31.2 Å². The van der Waals surface area contributed by atoms with E-state index in [0.717, 1.165) is 24.3 Å². The number of ether oxygens (including phenoxy) is 1. The summed E-state index contributed by atoms with van der Waals surface area (Å²) < 4.78 is 5.11. The molecule has 4 nitrogen and oxygen atoms in total. The highest BCUT2D eigenvalue weighted by molar-refractivity contribution is 5.89. The maximum atomic E-state index is 11.8. The smallest absolute Gasteiger partial charge is 0.243 e. The number of rotatable bonds is 5. The number of benzene rings is 1. The van der Waals surface area contributed by atoms with Gasteiger partial charge in [0.05, 0.1) is 7.11 Å². The lowest BCUT2D eigenvalue weighted by atomic mass is 9.83. The van der Waals surface area contributed by atoms with Crippen LogP contribution in [-0.4, -0.2) is 18.6 Å². The average Bonchev–Trinajstić information content (AvgIpc) is 3.09. The molecule has 1 fully saturated rings. The summed E-state index contributed by atoms with van der Waals surface area (Å²) in [5, 5.41) is 3.28. The summed E-state index contributed by atoms with van der Waals surface area (Å²) in [7, 11) is 1.63. The largest absolute Gasteiger partial charge is 0.497 e. The summed E-state index contributed by atoms with van der Waals surface area (Å²) in [5.41, 5.74) is 5.71. The zero-order valence-electron chi connectivity index (χ0n) is 11.1. The van der Waals surface area contributed by atoms with Gasteiger partial charge in [-0.2, -0.15) is 0 Å². The summed E-state index contributed by atoms with van der Waals surface area (Å²) in [5.74, 6) is 0.484. The molecule has 0 spiro atoms. The van der Waals surface area contributed by atoms with Crippen LogP contribution in [0.5, 0.6) is 5.75 Å². The third-order valence-electron chi connectivity index (χ3n) is 4.18. The van der Waals surface area contributed by atoms with Crippen molar-refractivity contribution in [2.75, 3.05) is 12.4 Å². The van der Waals surface area contributed by atoms with Gasteiger partial charge in [-0.05, 0) is 49.4 Å². The monoisotopic (exact) mass is 248 g/mol. The zero-order chi connectivity index (χ0) is 13.4. The third kappa shape index (κ3) is 2.03. The fourth-order valence-electron chi connectivity index (χ4n) is 2.16. The number of amides is 1. The van der Waals surface area contributed by atoms with Gasteiger partial charge in [-0.15, -0.1) is 0 Å². The molecule has 1 unspecified atom stereocenters. The van der Waals surface area contributed by atoms with Gasteiger partial charge in [0.15, 0.2) is 0 Å². The maximum Gasteiger partial charge on any atom is 0.243 e. The lowest BCUT2D eigenvalue weighted by Crippen LogP contribution is -2.54. The van der Waals surface area contributed by atoms with Crippen molar-refractivity contribution in [2.45, 2.75) is 32.2 Å². The Labute approximate surface area is 108 Å². The lowest BCUT2D eigenvalue weighted by molar-refractivity contribution is -0.123. The molecule has 0 aliphatic heterocycles. The number of primary amides is 1. The summed E-state index contributed by atoms with van der Waals surface area (Å²) in [6.45, 7) is 3.97. The summed E-state index contributed by atoms with van der Waals surface area (Å²) in [4.78, 5) is 11.8. The minimum Gasteiger partial charge on any atom is -0.497 e. The third-order valence-corrected chi connectivity index (χ3v) is 4.18. The van der Waals surface area contributed by atoms with E-state index in [4.69, 9.17) is 10.5 Å². The second-order valence-electron chi connectivity index (χ2n) is 5.40. The maximum absolute atomic E-state index is 11.8. The second kappa shape index (κ2) is 4.19. The second-order valence-corrected chi connectivity index (χ2v) is 5.40. The Morgan fingerprint density at radius 3 is 2.33 bits per heavy atom. The molecule has 18 heavy (non-hydrogen) atoms. The quantitative estimate of drug-likeness (QED) is 0.839. The van der Waals surface area contributed by atoms with Crippen LogP contribution in [0.2, 0.25) is 0 Å². The summed E-state index contributed by atoms with van der Waals surface area (Å²) in [6.07, 6.45) is 2.05. The molecule has 1 aromatic carbocycles. The van der Waals surface area contributed by atoms with Gasteiger partial charge in [-0.1, -0.05) is 6.92 Å². The van der Waals surface area contributed by atoms with Gasteiger partial charge in [0.2, 0.25) is 5.91 Å². The first kappa shape index (κ1) is 12.7. The Kier molecular flexibility index (Phi) is 2.97. The predicted octanol–water partition coefficient (Wildman–Crippen LogP) is 2.15. The van der Waals surface area contributed by atoms with Crippen LogP contribution in [0, 0.1) is 5.41 Å². The molecule has 0 aromatic heterocycles. The van der Waals surface area contributed by atoms with Crippen molar-refractivity contribution in [1.29, 1.82) is 0 Å². The molecule has 1 atom stereocenters. The van der Waals surface area contributed by atoms with Crippen molar-refractivity contribution in [1.82, 2.24) is 0 Å². The Balaban J connectivity index is 2.21. The van der Waals surface area contributed by atoms with Gasteiger partial charge in [0, 0.05) is 5.69 Å².